The summed E-state index contributed by atoms with van der Waals surface area (Å²) in [5.74, 6) is 0.453. The second-order valence-electron chi connectivity index (χ2n) is 3.63. The molecule has 1 atom stereocenters. The van der Waals surface area contributed by atoms with Crippen LogP contribution in [0.1, 0.15) is 31.4 Å². The number of nitrogens with two attached hydrogens (primary N) is 1. The Bertz CT molecular complexity index is 349. The first-order valence-electron chi connectivity index (χ1n) is 4.68. The smallest absolute Gasteiger partial charge is 0.242 e. The van der Waals surface area contributed by atoms with E-state index in [1.165, 1.54) is 24.2 Å². The van der Waals surface area contributed by atoms with Gasteiger partial charge in [-0.2, -0.15) is 0 Å². The van der Waals surface area contributed by atoms with Gasteiger partial charge in [0.25, 0.3) is 0 Å². The van der Waals surface area contributed by atoms with Crippen molar-refractivity contribution in [2.75, 3.05) is 5.32 Å². The van der Waals surface area contributed by atoms with Crippen molar-refractivity contribution in [3.05, 3.63) is 11.1 Å². The second kappa shape index (κ2) is 4.92. The van der Waals surface area contributed by atoms with E-state index in [1.807, 2.05) is 5.38 Å². The van der Waals surface area contributed by atoms with Crippen molar-refractivity contribution in [2.24, 2.45) is 5.73 Å². The molecule has 4 nitrogen and oxygen atoms in total. The fourth-order valence-electron chi connectivity index (χ4n) is 1.13. The maximum absolute atomic E-state index is 11.2. The molecule has 1 aromatic heterocycles. The number of rotatable bonds is 3. The fourth-order valence-corrected chi connectivity index (χ4v) is 1.92. The standard InChI is InChI=1S/C9H13N3OS.ClH/c1-5(10)8(13)12-9-11-7(4-14-9)6-2-3-6;/h4-6H,2-3,10H2,1H3,(H,11,12,13);1H/t5-;/m1./s1. The fraction of sp³-hybridized carbons (Fsp3) is 0.556. The summed E-state index contributed by atoms with van der Waals surface area (Å²) in [6.07, 6.45) is 2.45. The van der Waals surface area contributed by atoms with Crippen LogP contribution < -0.4 is 11.1 Å². The van der Waals surface area contributed by atoms with Crippen molar-refractivity contribution in [2.45, 2.75) is 31.7 Å². The average molecular weight is 248 g/mol. The van der Waals surface area contributed by atoms with Crippen LogP contribution in [0.15, 0.2) is 5.38 Å². The van der Waals surface area contributed by atoms with Crippen LogP contribution in [0.25, 0.3) is 0 Å². The number of halogens is 1. The Morgan fingerprint density at radius 3 is 2.93 bits per heavy atom. The number of amides is 1. The molecule has 0 radical (unpaired) electrons. The molecule has 0 spiro atoms. The molecule has 1 aliphatic carbocycles. The van der Waals surface area contributed by atoms with E-state index < -0.39 is 6.04 Å². The molecule has 1 saturated carbocycles. The van der Waals surface area contributed by atoms with E-state index in [-0.39, 0.29) is 18.3 Å². The van der Waals surface area contributed by atoms with Gasteiger partial charge in [0.1, 0.15) is 0 Å². The maximum atomic E-state index is 11.2. The Morgan fingerprint density at radius 1 is 1.73 bits per heavy atom. The van der Waals surface area contributed by atoms with Crippen LogP contribution in [0.3, 0.4) is 0 Å². The maximum Gasteiger partial charge on any atom is 0.242 e. The molecule has 1 amide bonds. The first-order valence-corrected chi connectivity index (χ1v) is 5.56. The average Bonchev–Trinajstić information content (AvgIpc) is 2.88. The highest BCUT2D eigenvalue weighted by Crippen LogP contribution is 2.40. The highest BCUT2D eigenvalue weighted by atomic mass is 35.5. The molecule has 0 unspecified atom stereocenters. The summed E-state index contributed by atoms with van der Waals surface area (Å²) >= 11 is 1.46. The number of nitrogens with one attached hydrogen (secondary N) is 1. The second-order valence-corrected chi connectivity index (χ2v) is 4.49. The van der Waals surface area contributed by atoms with E-state index in [9.17, 15) is 4.79 Å². The van der Waals surface area contributed by atoms with Crippen molar-refractivity contribution < 1.29 is 4.79 Å². The number of anilines is 1. The Kier molecular flexibility index (Phi) is 4.07. The third-order valence-corrected chi connectivity index (χ3v) is 2.94. The van der Waals surface area contributed by atoms with Crippen LogP contribution in [-0.2, 0) is 4.79 Å². The van der Waals surface area contributed by atoms with Gasteiger partial charge in [0.15, 0.2) is 5.13 Å². The SMILES string of the molecule is C[C@@H](N)C(=O)Nc1nc(C2CC2)cs1.Cl. The molecule has 1 aromatic rings. The number of nitrogens with zero attached hydrogens (tertiary/aromatic N) is 1. The van der Waals surface area contributed by atoms with Crippen LogP contribution in [0.5, 0.6) is 0 Å². The van der Waals surface area contributed by atoms with Crippen molar-refractivity contribution in [1.29, 1.82) is 0 Å². The van der Waals surface area contributed by atoms with Gasteiger partial charge in [-0.15, -0.1) is 23.7 Å². The van der Waals surface area contributed by atoms with Crippen LogP contribution in [0, 0.1) is 0 Å². The minimum absolute atomic E-state index is 0. The summed E-state index contributed by atoms with van der Waals surface area (Å²) in [7, 11) is 0. The molecule has 1 fully saturated rings. The minimum atomic E-state index is -0.483. The molecule has 2 rings (SSSR count). The molecule has 84 valence electrons. The van der Waals surface area contributed by atoms with Crippen molar-refractivity contribution in [3.8, 4) is 0 Å². The van der Waals surface area contributed by atoms with Gasteiger partial charge in [-0.1, -0.05) is 0 Å². The normalized spacial score (nSPS) is 16.7. The first kappa shape index (κ1) is 12.4. The summed E-state index contributed by atoms with van der Waals surface area (Å²) in [6.45, 7) is 1.66. The molecule has 0 aliphatic heterocycles. The molecule has 15 heavy (non-hydrogen) atoms. The molecular weight excluding hydrogens is 234 g/mol. The van der Waals surface area contributed by atoms with E-state index in [0.29, 0.717) is 11.0 Å². The number of thiazole rings is 1. The Labute approximate surface area is 98.7 Å². The molecule has 1 heterocycles. The number of aromatic nitrogens is 1. The molecule has 1 aliphatic rings. The Balaban J connectivity index is 0.00000112. The number of carbonyl (C=O) groups excluding carboxylic acids is 1. The highest BCUT2D eigenvalue weighted by molar-refractivity contribution is 7.13. The highest BCUT2D eigenvalue weighted by Gasteiger charge is 2.26. The van der Waals surface area contributed by atoms with Gasteiger partial charge in [-0.3, -0.25) is 4.79 Å². The lowest BCUT2D eigenvalue weighted by molar-refractivity contribution is -0.117. The van der Waals surface area contributed by atoms with E-state index in [1.54, 1.807) is 6.92 Å². The predicted molar refractivity (Wildman–Crippen MR) is 63.6 cm³/mol. The van der Waals surface area contributed by atoms with E-state index in [2.05, 4.69) is 10.3 Å². The van der Waals surface area contributed by atoms with Gasteiger partial charge < -0.3 is 11.1 Å². The van der Waals surface area contributed by atoms with E-state index in [0.717, 1.165) is 5.69 Å². The summed E-state index contributed by atoms with van der Waals surface area (Å²) in [5.41, 5.74) is 6.53. The molecule has 0 bridgehead atoms. The van der Waals surface area contributed by atoms with Crippen LogP contribution >= 0.6 is 23.7 Å². The van der Waals surface area contributed by atoms with Crippen LogP contribution in [0.2, 0.25) is 0 Å². The predicted octanol–water partition coefficient (Wildman–Crippen LogP) is 1.73. The van der Waals surface area contributed by atoms with Crippen molar-refractivity contribution >= 4 is 34.8 Å². The van der Waals surface area contributed by atoms with Crippen molar-refractivity contribution in [3.63, 3.8) is 0 Å². The largest absolute Gasteiger partial charge is 0.320 e. The van der Waals surface area contributed by atoms with Crippen LogP contribution in [-0.4, -0.2) is 16.9 Å². The molecular formula is C9H14ClN3OS. The monoisotopic (exact) mass is 247 g/mol. The summed E-state index contributed by atoms with van der Waals surface area (Å²) < 4.78 is 0. The number of hydrogen-bond donors (Lipinski definition) is 2. The molecule has 6 heteroatoms. The van der Waals surface area contributed by atoms with Gasteiger partial charge in [0, 0.05) is 11.3 Å². The van der Waals surface area contributed by atoms with Gasteiger partial charge in [0.05, 0.1) is 11.7 Å². The molecule has 0 aromatic carbocycles. The van der Waals surface area contributed by atoms with E-state index in [4.69, 9.17) is 5.73 Å². The lowest BCUT2D eigenvalue weighted by Crippen LogP contribution is -2.32. The molecule has 0 saturated heterocycles. The molecule has 3 N–H and O–H groups in total. The lowest BCUT2D eigenvalue weighted by Gasteiger charge is -2.03. The summed E-state index contributed by atoms with van der Waals surface area (Å²) in [4.78, 5) is 15.6. The minimum Gasteiger partial charge on any atom is -0.320 e. The van der Waals surface area contributed by atoms with E-state index >= 15 is 0 Å². The van der Waals surface area contributed by atoms with Crippen molar-refractivity contribution in [1.82, 2.24) is 4.98 Å². The quantitative estimate of drug-likeness (QED) is 0.855. The zero-order chi connectivity index (χ0) is 10.1. The summed E-state index contributed by atoms with van der Waals surface area (Å²) in [6, 6.07) is -0.483. The van der Waals surface area contributed by atoms with Gasteiger partial charge >= 0.3 is 0 Å². The van der Waals surface area contributed by atoms with Crippen LogP contribution in [0.4, 0.5) is 5.13 Å². The van der Waals surface area contributed by atoms with Gasteiger partial charge in [0.2, 0.25) is 5.91 Å². The third kappa shape index (κ3) is 3.15. The zero-order valence-corrected chi connectivity index (χ0v) is 10.0. The zero-order valence-electron chi connectivity index (χ0n) is 8.40. The number of carbonyl (C=O) groups is 1. The lowest BCUT2D eigenvalue weighted by atomic mass is 10.3. The first-order chi connectivity index (χ1) is 6.66. The third-order valence-electron chi connectivity index (χ3n) is 2.16. The van der Waals surface area contributed by atoms with Gasteiger partial charge in [-0.05, 0) is 19.8 Å². The van der Waals surface area contributed by atoms with Gasteiger partial charge in [-0.25, -0.2) is 4.98 Å². The number of hydrogen-bond acceptors (Lipinski definition) is 4. The Hall–Kier alpha value is -0.650. The Morgan fingerprint density at radius 2 is 2.40 bits per heavy atom. The topological polar surface area (TPSA) is 68.0 Å². The summed E-state index contributed by atoms with van der Waals surface area (Å²) in [5, 5.41) is 5.36.